The van der Waals surface area contributed by atoms with Gasteiger partial charge in [0.15, 0.2) is 11.6 Å². The van der Waals surface area contributed by atoms with E-state index in [2.05, 4.69) is 4.18 Å². The van der Waals surface area contributed by atoms with Crippen LogP contribution in [-0.2, 0) is 20.0 Å². The van der Waals surface area contributed by atoms with Crippen molar-refractivity contribution >= 4 is 22.0 Å². The Morgan fingerprint density at radius 1 is 0.850 bits per heavy atom. The fraction of sp³-hybridized carbons (Fsp3) is 0. The fourth-order valence-electron chi connectivity index (χ4n) is 1.06. The number of benzene rings is 1. The van der Waals surface area contributed by atoms with Gasteiger partial charge in [0, 0.05) is 0 Å². The second-order valence-electron chi connectivity index (χ2n) is 3.48. The molecule has 8 heteroatoms. The number of phenols is 1. The zero-order valence-corrected chi connectivity index (χ0v) is 10.8. The summed E-state index contributed by atoms with van der Waals surface area (Å²) in [6.45, 7) is 0. The van der Waals surface area contributed by atoms with Crippen LogP contribution in [0.25, 0.3) is 0 Å². The molecular weight excluding hydrogens is 288 g/mol. The summed E-state index contributed by atoms with van der Waals surface area (Å²) in [6.07, 6.45) is 5.01. The van der Waals surface area contributed by atoms with Crippen LogP contribution in [-0.4, -0.2) is 29.6 Å². The second-order valence-corrected chi connectivity index (χ2v) is 4.50. The third-order valence-electron chi connectivity index (χ3n) is 1.86. The minimum atomic E-state index is -4.47. The summed E-state index contributed by atoms with van der Waals surface area (Å²) in [5.74, 6) is -0.317. The van der Waals surface area contributed by atoms with E-state index in [1.807, 2.05) is 0 Å². The first-order valence-corrected chi connectivity index (χ1v) is 6.53. The molecule has 2 N–H and O–H groups in total. The summed E-state index contributed by atoms with van der Waals surface area (Å²) in [5.41, 5.74) is 0. The maximum absolute atomic E-state index is 10.3. The molecule has 0 radical (unpaired) electrons. The maximum Gasteiger partial charge on any atom is 0.446 e. The molecule has 20 heavy (non-hydrogen) atoms. The molecule has 1 aliphatic rings. The van der Waals surface area contributed by atoms with Crippen molar-refractivity contribution in [1.82, 2.24) is 0 Å². The molecule has 0 spiro atoms. The third kappa shape index (κ3) is 6.47. The molecule has 0 heterocycles. The summed E-state index contributed by atoms with van der Waals surface area (Å²) < 4.78 is 32.6. The van der Waals surface area contributed by atoms with Crippen molar-refractivity contribution in [3.63, 3.8) is 0 Å². The van der Waals surface area contributed by atoms with E-state index in [0.29, 0.717) is 0 Å². The highest BCUT2D eigenvalue weighted by molar-refractivity contribution is 7.81. The Labute approximate surface area is 114 Å². The lowest BCUT2D eigenvalue weighted by atomic mass is 10.2. The van der Waals surface area contributed by atoms with Crippen molar-refractivity contribution in [1.29, 1.82) is 0 Å². The van der Waals surface area contributed by atoms with E-state index in [0.717, 1.165) is 0 Å². The molecule has 106 valence electrons. The molecule has 1 aromatic carbocycles. The molecule has 0 saturated heterocycles. The molecule has 1 aromatic rings. The van der Waals surface area contributed by atoms with Gasteiger partial charge in [-0.05, 0) is 48.6 Å². The fourth-order valence-corrected chi connectivity index (χ4v) is 1.42. The Hall–Kier alpha value is -2.45. The van der Waals surface area contributed by atoms with Gasteiger partial charge in [0.25, 0.3) is 0 Å². The summed E-state index contributed by atoms with van der Waals surface area (Å²) >= 11 is 0. The average Bonchev–Trinajstić information content (AvgIpc) is 2.35. The molecule has 0 unspecified atom stereocenters. The first kappa shape index (κ1) is 15.6. The van der Waals surface area contributed by atoms with Gasteiger partial charge >= 0.3 is 10.4 Å². The van der Waals surface area contributed by atoms with E-state index >= 15 is 0 Å². The summed E-state index contributed by atoms with van der Waals surface area (Å²) in [6, 6.07) is 4.90. The zero-order chi connectivity index (χ0) is 15.2. The molecule has 0 bridgehead atoms. The van der Waals surface area contributed by atoms with E-state index in [4.69, 9.17) is 9.66 Å². The molecule has 7 nitrogen and oxygen atoms in total. The van der Waals surface area contributed by atoms with Gasteiger partial charge in [-0.25, -0.2) is 0 Å². The third-order valence-corrected chi connectivity index (χ3v) is 2.27. The molecule has 0 amide bonds. The Morgan fingerprint density at radius 3 is 1.60 bits per heavy atom. The van der Waals surface area contributed by atoms with Gasteiger partial charge in [-0.2, -0.15) is 8.42 Å². The van der Waals surface area contributed by atoms with Gasteiger partial charge in [-0.15, -0.1) is 0 Å². The number of allylic oxidation sites excluding steroid dienone is 4. The van der Waals surface area contributed by atoms with Crippen LogP contribution in [0.2, 0.25) is 0 Å². The van der Waals surface area contributed by atoms with E-state index in [-0.39, 0.29) is 23.1 Å². The highest BCUT2D eigenvalue weighted by atomic mass is 32.3. The van der Waals surface area contributed by atoms with E-state index in [9.17, 15) is 18.0 Å². The Bertz CT molecular complexity index is 616. The average molecular weight is 298 g/mol. The van der Waals surface area contributed by atoms with Gasteiger partial charge in [-0.3, -0.25) is 14.1 Å². The monoisotopic (exact) mass is 298 g/mol. The molecule has 0 aromatic heterocycles. The minimum absolute atomic E-state index is 0.0160. The molecule has 1 aliphatic carbocycles. The lowest BCUT2D eigenvalue weighted by Crippen LogP contribution is -2.06. The van der Waals surface area contributed by atoms with Crippen molar-refractivity contribution in [3.8, 4) is 11.5 Å². The molecule has 2 rings (SSSR count). The summed E-state index contributed by atoms with van der Waals surface area (Å²) in [7, 11) is -4.47. The van der Waals surface area contributed by atoms with Crippen LogP contribution in [0.15, 0.2) is 48.6 Å². The number of carbonyl (C=O) groups excluding carboxylic acids is 2. The van der Waals surface area contributed by atoms with Crippen molar-refractivity contribution in [2.45, 2.75) is 0 Å². The largest absolute Gasteiger partial charge is 0.508 e. The van der Waals surface area contributed by atoms with Crippen LogP contribution in [0.3, 0.4) is 0 Å². The van der Waals surface area contributed by atoms with Gasteiger partial charge < -0.3 is 9.29 Å². The number of ketones is 2. The highest BCUT2D eigenvalue weighted by Gasteiger charge is 2.05. The lowest BCUT2D eigenvalue weighted by molar-refractivity contribution is -0.113. The number of hydrogen-bond acceptors (Lipinski definition) is 6. The van der Waals surface area contributed by atoms with E-state index in [1.54, 1.807) is 0 Å². The molecular formula is C12H10O7S. The van der Waals surface area contributed by atoms with Gasteiger partial charge in [0.05, 0.1) is 0 Å². The van der Waals surface area contributed by atoms with Gasteiger partial charge in [-0.1, -0.05) is 0 Å². The van der Waals surface area contributed by atoms with Crippen molar-refractivity contribution < 1.29 is 31.8 Å². The smallest absolute Gasteiger partial charge is 0.446 e. The number of phenolic OH excluding ortho intramolecular Hbond substituents is 1. The highest BCUT2D eigenvalue weighted by Crippen LogP contribution is 2.16. The molecule has 0 fully saturated rings. The summed E-state index contributed by atoms with van der Waals surface area (Å²) in [4.78, 5) is 20.6. The second kappa shape index (κ2) is 6.64. The normalized spacial score (nSPS) is 13.7. The Kier molecular flexibility index (Phi) is 5.18. The quantitative estimate of drug-likeness (QED) is 0.613. The lowest BCUT2D eigenvalue weighted by Gasteiger charge is -1.99. The Balaban J connectivity index is 0.000000217. The maximum atomic E-state index is 10.3. The van der Waals surface area contributed by atoms with Gasteiger partial charge in [0.2, 0.25) is 0 Å². The van der Waals surface area contributed by atoms with Crippen molar-refractivity contribution in [2.24, 2.45) is 0 Å². The van der Waals surface area contributed by atoms with Crippen LogP contribution in [0.5, 0.6) is 11.5 Å². The minimum Gasteiger partial charge on any atom is -0.508 e. The van der Waals surface area contributed by atoms with Crippen LogP contribution in [0.1, 0.15) is 0 Å². The number of hydrogen-bond donors (Lipinski definition) is 2. The predicted molar refractivity (Wildman–Crippen MR) is 68.6 cm³/mol. The number of aromatic hydroxyl groups is 1. The standard InChI is InChI=1S/C6H6O5S.C6H4O2/c7-5-1-3-6(4-2-5)11-12(8,9)10;7-5-1-2-6(8)4-3-5/h1-4,7H,(H,8,9,10);1-4H. The van der Waals surface area contributed by atoms with Crippen molar-refractivity contribution in [3.05, 3.63) is 48.6 Å². The topological polar surface area (TPSA) is 118 Å². The number of rotatable bonds is 2. The van der Waals surface area contributed by atoms with E-state index < -0.39 is 10.4 Å². The molecule has 0 aliphatic heterocycles. The van der Waals surface area contributed by atoms with E-state index in [1.165, 1.54) is 48.6 Å². The first-order valence-electron chi connectivity index (χ1n) is 5.16. The SMILES string of the molecule is O=C1C=CC(=O)C=C1.O=S(=O)(O)Oc1ccc(O)cc1. The van der Waals surface area contributed by atoms with Crippen LogP contribution in [0, 0.1) is 0 Å². The van der Waals surface area contributed by atoms with Gasteiger partial charge in [0.1, 0.15) is 11.5 Å². The first-order chi connectivity index (χ1) is 9.26. The van der Waals surface area contributed by atoms with Crippen LogP contribution in [0.4, 0.5) is 0 Å². The Morgan fingerprint density at radius 2 is 1.25 bits per heavy atom. The van der Waals surface area contributed by atoms with Crippen LogP contribution < -0.4 is 4.18 Å². The predicted octanol–water partition coefficient (Wildman–Crippen LogP) is 0.824. The molecule has 0 saturated carbocycles. The molecule has 0 atom stereocenters. The summed E-state index contributed by atoms with van der Waals surface area (Å²) in [5, 5.41) is 8.79. The zero-order valence-electron chi connectivity index (χ0n) is 9.96. The van der Waals surface area contributed by atoms with Crippen LogP contribution >= 0.6 is 0 Å². The van der Waals surface area contributed by atoms with Crippen molar-refractivity contribution in [2.75, 3.05) is 0 Å². The number of carbonyl (C=O) groups is 2.